The molecule has 2 aliphatic rings. The van der Waals surface area contributed by atoms with Gasteiger partial charge in [0.2, 0.25) is 0 Å². The van der Waals surface area contributed by atoms with Crippen molar-refractivity contribution in [3.05, 3.63) is 27.2 Å². The fourth-order valence-electron chi connectivity index (χ4n) is 3.59. The Morgan fingerprint density at radius 1 is 1.19 bits per heavy atom. The van der Waals surface area contributed by atoms with Gasteiger partial charge in [-0.1, -0.05) is 6.42 Å². The van der Waals surface area contributed by atoms with Gasteiger partial charge in [-0.2, -0.15) is 0 Å². The second-order valence-corrected chi connectivity index (χ2v) is 6.95. The fraction of sp³-hybridized carbons (Fsp3) is 0.647. The van der Waals surface area contributed by atoms with Crippen LogP contribution < -0.4 is 10.1 Å². The monoisotopic (exact) mass is 352 g/mol. The Balaban J connectivity index is 1.96. The molecular formula is C17H25BrN2O. The Morgan fingerprint density at radius 3 is 2.71 bits per heavy atom. The van der Waals surface area contributed by atoms with Crippen LogP contribution in [0.4, 0.5) is 0 Å². The first kappa shape index (κ1) is 15.3. The highest BCUT2D eigenvalue weighted by Gasteiger charge is 2.21. The van der Waals surface area contributed by atoms with Crippen molar-refractivity contribution in [1.29, 1.82) is 0 Å². The van der Waals surface area contributed by atoms with Gasteiger partial charge in [-0.15, -0.1) is 0 Å². The van der Waals surface area contributed by atoms with Gasteiger partial charge >= 0.3 is 0 Å². The highest BCUT2D eigenvalue weighted by molar-refractivity contribution is 9.10. The van der Waals surface area contributed by atoms with Crippen LogP contribution in [-0.4, -0.2) is 38.2 Å². The van der Waals surface area contributed by atoms with Crippen molar-refractivity contribution in [2.24, 2.45) is 0 Å². The summed E-state index contributed by atoms with van der Waals surface area (Å²) in [5, 5.41) is 3.43. The summed E-state index contributed by atoms with van der Waals surface area (Å²) in [4.78, 5) is 2.55. The van der Waals surface area contributed by atoms with Crippen molar-refractivity contribution >= 4 is 15.9 Å². The molecule has 3 nitrogen and oxygen atoms in total. The first-order chi connectivity index (χ1) is 10.3. The van der Waals surface area contributed by atoms with Gasteiger partial charge in [0.15, 0.2) is 0 Å². The number of methoxy groups -OCH3 is 1. The molecule has 0 bridgehead atoms. The molecule has 3 rings (SSSR count). The molecule has 0 unspecified atom stereocenters. The highest BCUT2D eigenvalue weighted by Crippen LogP contribution is 2.37. The molecule has 4 heteroatoms. The Labute approximate surface area is 136 Å². The van der Waals surface area contributed by atoms with Gasteiger partial charge in [-0.05, 0) is 58.8 Å². The number of nitrogens with one attached hydrogen (secondary N) is 1. The van der Waals surface area contributed by atoms with Gasteiger partial charge < -0.3 is 10.1 Å². The Morgan fingerprint density at radius 2 is 1.95 bits per heavy atom. The van der Waals surface area contributed by atoms with E-state index >= 15 is 0 Å². The maximum Gasteiger partial charge on any atom is 0.137 e. The number of benzene rings is 1. The molecule has 1 N–H and O–H groups in total. The molecule has 116 valence electrons. The zero-order chi connectivity index (χ0) is 14.7. The van der Waals surface area contributed by atoms with E-state index in [9.17, 15) is 0 Å². The average Bonchev–Trinajstić information content (AvgIpc) is 2.73. The molecule has 1 fully saturated rings. The third kappa shape index (κ3) is 3.43. The second kappa shape index (κ2) is 7.12. The van der Waals surface area contributed by atoms with E-state index in [2.05, 4.69) is 32.2 Å². The van der Waals surface area contributed by atoms with E-state index in [1.807, 2.05) is 0 Å². The second-order valence-electron chi connectivity index (χ2n) is 6.09. The summed E-state index contributed by atoms with van der Waals surface area (Å²) in [6, 6.07) is 2.29. The molecule has 1 aliphatic heterocycles. The van der Waals surface area contributed by atoms with Gasteiger partial charge in [0.25, 0.3) is 0 Å². The van der Waals surface area contributed by atoms with Crippen LogP contribution in [0, 0.1) is 0 Å². The number of hydrogen-bond donors (Lipinski definition) is 1. The predicted octanol–water partition coefficient (Wildman–Crippen LogP) is 3.13. The van der Waals surface area contributed by atoms with E-state index in [0.29, 0.717) is 0 Å². The summed E-state index contributed by atoms with van der Waals surface area (Å²) < 4.78 is 6.86. The summed E-state index contributed by atoms with van der Waals surface area (Å²) in [6.45, 7) is 5.47. The largest absolute Gasteiger partial charge is 0.495 e. The van der Waals surface area contributed by atoms with Crippen molar-refractivity contribution in [3.63, 3.8) is 0 Å². The van der Waals surface area contributed by atoms with Crippen molar-refractivity contribution < 1.29 is 4.74 Å². The maximum absolute atomic E-state index is 5.74. The molecule has 0 spiro atoms. The standard InChI is InChI=1S/C17H25BrN2O/c1-21-17-15(12-20-9-7-19-8-10-20)14-6-4-2-3-5-13(14)11-16(17)18/h11,19H,2-10,12H2,1H3. The zero-order valence-electron chi connectivity index (χ0n) is 12.9. The Kier molecular flexibility index (Phi) is 5.19. The first-order valence-corrected chi connectivity index (χ1v) is 8.89. The van der Waals surface area contributed by atoms with Crippen LogP contribution >= 0.6 is 15.9 Å². The number of piperazine rings is 1. The smallest absolute Gasteiger partial charge is 0.137 e. The predicted molar refractivity (Wildman–Crippen MR) is 90.1 cm³/mol. The van der Waals surface area contributed by atoms with Crippen LogP contribution in [0.15, 0.2) is 10.5 Å². The van der Waals surface area contributed by atoms with Crippen LogP contribution in [0.2, 0.25) is 0 Å². The summed E-state index contributed by atoms with van der Waals surface area (Å²) in [5.74, 6) is 1.05. The molecule has 1 heterocycles. The third-order valence-corrected chi connectivity index (χ3v) is 5.30. The first-order valence-electron chi connectivity index (χ1n) is 8.10. The summed E-state index contributed by atoms with van der Waals surface area (Å²) >= 11 is 3.72. The van der Waals surface area contributed by atoms with E-state index in [1.54, 1.807) is 12.7 Å². The third-order valence-electron chi connectivity index (χ3n) is 4.71. The van der Waals surface area contributed by atoms with Crippen molar-refractivity contribution in [2.75, 3.05) is 33.3 Å². The van der Waals surface area contributed by atoms with Crippen LogP contribution in [0.5, 0.6) is 5.75 Å². The molecule has 0 radical (unpaired) electrons. The number of nitrogens with zero attached hydrogens (tertiary/aromatic N) is 1. The van der Waals surface area contributed by atoms with E-state index < -0.39 is 0 Å². The molecule has 1 aliphatic carbocycles. The maximum atomic E-state index is 5.74. The average molecular weight is 353 g/mol. The molecule has 1 saturated heterocycles. The molecule has 0 atom stereocenters. The van der Waals surface area contributed by atoms with Crippen LogP contribution in [0.25, 0.3) is 0 Å². The van der Waals surface area contributed by atoms with E-state index in [0.717, 1.165) is 42.9 Å². The lowest BCUT2D eigenvalue weighted by atomic mass is 9.95. The minimum Gasteiger partial charge on any atom is -0.495 e. The molecule has 21 heavy (non-hydrogen) atoms. The van der Waals surface area contributed by atoms with Crippen LogP contribution in [-0.2, 0) is 19.4 Å². The van der Waals surface area contributed by atoms with Crippen LogP contribution in [0.3, 0.4) is 0 Å². The molecule has 1 aromatic rings. The minimum absolute atomic E-state index is 1.02. The molecule has 0 aromatic heterocycles. The van der Waals surface area contributed by atoms with Gasteiger partial charge in [0.1, 0.15) is 5.75 Å². The van der Waals surface area contributed by atoms with Crippen molar-refractivity contribution in [2.45, 2.75) is 38.6 Å². The SMILES string of the molecule is COc1c(Br)cc2c(c1CN1CCNCC1)CCCCC2. The number of ether oxygens (including phenoxy) is 1. The Hall–Kier alpha value is -0.580. The van der Waals surface area contributed by atoms with Gasteiger partial charge in [-0.25, -0.2) is 0 Å². The quantitative estimate of drug-likeness (QED) is 0.845. The van der Waals surface area contributed by atoms with Gasteiger partial charge in [0.05, 0.1) is 11.6 Å². The van der Waals surface area contributed by atoms with E-state index in [4.69, 9.17) is 4.74 Å². The number of rotatable bonds is 3. The van der Waals surface area contributed by atoms with Gasteiger partial charge in [0, 0.05) is 38.3 Å². The van der Waals surface area contributed by atoms with Crippen molar-refractivity contribution in [1.82, 2.24) is 10.2 Å². The molecule has 0 saturated carbocycles. The van der Waals surface area contributed by atoms with Crippen molar-refractivity contribution in [3.8, 4) is 5.75 Å². The minimum atomic E-state index is 1.02. The number of aryl methyl sites for hydroxylation is 1. The van der Waals surface area contributed by atoms with Gasteiger partial charge in [-0.3, -0.25) is 4.90 Å². The number of halogens is 1. The van der Waals surface area contributed by atoms with E-state index in [1.165, 1.54) is 43.2 Å². The number of hydrogen-bond acceptors (Lipinski definition) is 3. The molecule has 0 amide bonds. The summed E-state index contributed by atoms with van der Waals surface area (Å²) in [6.07, 6.45) is 6.40. The lowest BCUT2D eigenvalue weighted by Gasteiger charge is -2.29. The number of fused-ring (bicyclic) bond motifs is 1. The topological polar surface area (TPSA) is 24.5 Å². The van der Waals surface area contributed by atoms with Crippen LogP contribution in [0.1, 0.15) is 36.0 Å². The zero-order valence-corrected chi connectivity index (χ0v) is 14.5. The lowest BCUT2D eigenvalue weighted by Crippen LogP contribution is -2.43. The summed E-state index contributed by atoms with van der Waals surface area (Å²) in [5.41, 5.74) is 4.52. The normalized spacial score (nSPS) is 19.9. The molecular weight excluding hydrogens is 328 g/mol. The summed E-state index contributed by atoms with van der Waals surface area (Å²) in [7, 11) is 1.80. The lowest BCUT2D eigenvalue weighted by molar-refractivity contribution is 0.229. The fourth-order valence-corrected chi connectivity index (χ4v) is 4.27. The highest BCUT2D eigenvalue weighted by atomic mass is 79.9. The van der Waals surface area contributed by atoms with E-state index in [-0.39, 0.29) is 0 Å². The Bertz CT molecular complexity index is 498. The molecule has 1 aromatic carbocycles.